The van der Waals surface area contributed by atoms with Gasteiger partial charge in [0.1, 0.15) is 5.82 Å². The summed E-state index contributed by atoms with van der Waals surface area (Å²) in [5.41, 5.74) is 2.67. The number of imidazole rings is 1. The molecule has 2 N–H and O–H groups in total. The molecule has 5 nitrogen and oxygen atoms in total. The minimum Gasteiger partial charge on any atom is -0.388 e. The van der Waals surface area contributed by atoms with Crippen LogP contribution in [-0.2, 0) is 13.0 Å². The molecule has 0 fully saturated rings. The van der Waals surface area contributed by atoms with Gasteiger partial charge in [0.15, 0.2) is 0 Å². The highest BCUT2D eigenvalue weighted by Crippen LogP contribution is 2.27. The number of benzene rings is 1. The zero-order valence-electron chi connectivity index (χ0n) is 11.9. The molecule has 0 saturated heterocycles. The van der Waals surface area contributed by atoms with Gasteiger partial charge in [0, 0.05) is 30.9 Å². The molecule has 1 aromatic carbocycles. The Balaban J connectivity index is 1.86. The van der Waals surface area contributed by atoms with E-state index in [0.29, 0.717) is 6.42 Å². The highest BCUT2D eigenvalue weighted by atomic mass is 16.3. The van der Waals surface area contributed by atoms with Gasteiger partial charge in [-0.2, -0.15) is 5.10 Å². The van der Waals surface area contributed by atoms with Crippen molar-refractivity contribution in [2.75, 3.05) is 0 Å². The van der Waals surface area contributed by atoms with E-state index in [-0.39, 0.29) is 0 Å². The molecule has 5 heteroatoms. The SMILES string of the molecule is CCn1ccnc1CC(O)c1cn[nH]c1-c1ccccc1. The standard InChI is InChI=1S/C16H18N4O/c1-2-20-9-8-17-15(20)10-14(21)13-11-18-19-16(13)12-6-4-3-5-7-12/h3-9,11,14,21H,2,10H2,1H3,(H,18,19). The molecule has 1 atom stereocenters. The van der Waals surface area contributed by atoms with Crippen molar-refractivity contribution in [1.29, 1.82) is 0 Å². The van der Waals surface area contributed by atoms with Gasteiger partial charge in [-0.1, -0.05) is 30.3 Å². The second kappa shape index (κ2) is 5.93. The lowest BCUT2D eigenvalue weighted by molar-refractivity contribution is 0.175. The molecule has 0 bridgehead atoms. The summed E-state index contributed by atoms with van der Waals surface area (Å²) >= 11 is 0. The third-order valence-electron chi connectivity index (χ3n) is 3.61. The van der Waals surface area contributed by atoms with Crippen LogP contribution in [0.4, 0.5) is 0 Å². The zero-order chi connectivity index (χ0) is 14.7. The van der Waals surface area contributed by atoms with Crippen molar-refractivity contribution in [2.45, 2.75) is 26.0 Å². The van der Waals surface area contributed by atoms with Crippen LogP contribution in [0.3, 0.4) is 0 Å². The number of aliphatic hydroxyl groups is 1. The normalized spacial score (nSPS) is 12.5. The average Bonchev–Trinajstić information content (AvgIpc) is 3.16. The quantitative estimate of drug-likeness (QED) is 0.756. The molecule has 3 rings (SSSR count). The van der Waals surface area contributed by atoms with E-state index in [1.165, 1.54) is 0 Å². The Morgan fingerprint density at radius 1 is 1.29 bits per heavy atom. The first-order valence-electron chi connectivity index (χ1n) is 7.06. The largest absolute Gasteiger partial charge is 0.388 e. The van der Waals surface area contributed by atoms with Gasteiger partial charge in [0.05, 0.1) is 18.0 Å². The molecule has 21 heavy (non-hydrogen) atoms. The number of aryl methyl sites for hydroxylation is 1. The Morgan fingerprint density at radius 2 is 2.10 bits per heavy atom. The average molecular weight is 282 g/mol. The Kier molecular flexibility index (Phi) is 3.83. The van der Waals surface area contributed by atoms with Gasteiger partial charge < -0.3 is 9.67 Å². The highest BCUT2D eigenvalue weighted by molar-refractivity contribution is 5.62. The van der Waals surface area contributed by atoms with E-state index in [2.05, 4.69) is 22.1 Å². The first kappa shape index (κ1) is 13.6. The predicted octanol–water partition coefficient (Wildman–Crippen LogP) is 2.57. The predicted molar refractivity (Wildman–Crippen MR) is 80.6 cm³/mol. The Bertz CT molecular complexity index is 702. The van der Waals surface area contributed by atoms with Crippen LogP contribution >= 0.6 is 0 Å². The van der Waals surface area contributed by atoms with Crippen molar-refractivity contribution < 1.29 is 5.11 Å². The number of H-pyrrole nitrogens is 1. The molecule has 0 spiro atoms. The molecular weight excluding hydrogens is 264 g/mol. The van der Waals surface area contributed by atoms with E-state index in [4.69, 9.17) is 0 Å². The smallest absolute Gasteiger partial charge is 0.111 e. The minimum atomic E-state index is -0.633. The summed E-state index contributed by atoms with van der Waals surface area (Å²) in [6.45, 7) is 2.91. The summed E-state index contributed by atoms with van der Waals surface area (Å²) in [5, 5.41) is 17.6. The van der Waals surface area contributed by atoms with Gasteiger partial charge in [-0.3, -0.25) is 5.10 Å². The third-order valence-corrected chi connectivity index (χ3v) is 3.61. The van der Waals surface area contributed by atoms with Crippen LogP contribution in [0.2, 0.25) is 0 Å². The summed E-state index contributed by atoms with van der Waals surface area (Å²) in [6, 6.07) is 9.90. The number of aliphatic hydroxyl groups excluding tert-OH is 1. The lowest BCUT2D eigenvalue weighted by Crippen LogP contribution is -2.08. The van der Waals surface area contributed by atoms with Crippen molar-refractivity contribution in [2.24, 2.45) is 0 Å². The molecule has 3 aromatic rings. The Hall–Kier alpha value is -2.40. The van der Waals surface area contributed by atoms with Crippen molar-refractivity contribution in [3.05, 3.63) is 60.3 Å². The molecule has 2 heterocycles. The van der Waals surface area contributed by atoms with E-state index in [0.717, 1.165) is 29.2 Å². The number of aromatic nitrogens is 4. The number of aromatic amines is 1. The van der Waals surface area contributed by atoms with Crippen LogP contribution in [0, 0.1) is 0 Å². The van der Waals surface area contributed by atoms with Crippen molar-refractivity contribution >= 4 is 0 Å². The number of hydrogen-bond acceptors (Lipinski definition) is 3. The van der Waals surface area contributed by atoms with Crippen molar-refractivity contribution in [1.82, 2.24) is 19.7 Å². The molecule has 2 aromatic heterocycles. The summed E-state index contributed by atoms with van der Waals surface area (Å²) in [5.74, 6) is 0.880. The zero-order valence-corrected chi connectivity index (χ0v) is 11.9. The van der Waals surface area contributed by atoms with Gasteiger partial charge >= 0.3 is 0 Å². The topological polar surface area (TPSA) is 66.7 Å². The van der Waals surface area contributed by atoms with E-state index < -0.39 is 6.10 Å². The van der Waals surface area contributed by atoms with Crippen LogP contribution in [0.25, 0.3) is 11.3 Å². The second-order valence-corrected chi connectivity index (χ2v) is 4.92. The molecule has 0 amide bonds. The highest BCUT2D eigenvalue weighted by Gasteiger charge is 2.18. The van der Waals surface area contributed by atoms with Crippen LogP contribution in [0.5, 0.6) is 0 Å². The Morgan fingerprint density at radius 3 is 2.86 bits per heavy atom. The van der Waals surface area contributed by atoms with Crippen LogP contribution in [0.1, 0.15) is 24.4 Å². The van der Waals surface area contributed by atoms with Gasteiger partial charge in [-0.05, 0) is 12.5 Å². The van der Waals surface area contributed by atoms with Gasteiger partial charge in [0.25, 0.3) is 0 Å². The molecule has 0 aliphatic rings. The first-order valence-corrected chi connectivity index (χ1v) is 7.06. The molecule has 1 unspecified atom stereocenters. The monoisotopic (exact) mass is 282 g/mol. The summed E-state index contributed by atoms with van der Waals surface area (Å²) < 4.78 is 2.03. The fraction of sp³-hybridized carbons (Fsp3) is 0.250. The van der Waals surface area contributed by atoms with Gasteiger partial charge in [-0.15, -0.1) is 0 Å². The molecule has 0 aliphatic heterocycles. The summed E-state index contributed by atoms with van der Waals surface area (Å²) in [4.78, 5) is 4.31. The summed E-state index contributed by atoms with van der Waals surface area (Å²) in [7, 11) is 0. The maximum absolute atomic E-state index is 10.5. The fourth-order valence-corrected chi connectivity index (χ4v) is 2.48. The van der Waals surface area contributed by atoms with Gasteiger partial charge in [0.2, 0.25) is 0 Å². The number of rotatable bonds is 5. The van der Waals surface area contributed by atoms with Crippen molar-refractivity contribution in [3.63, 3.8) is 0 Å². The number of nitrogens with zero attached hydrogens (tertiary/aromatic N) is 3. The number of nitrogens with one attached hydrogen (secondary N) is 1. The molecule has 108 valence electrons. The van der Waals surface area contributed by atoms with E-state index >= 15 is 0 Å². The minimum absolute atomic E-state index is 0.472. The summed E-state index contributed by atoms with van der Waals surface area (Å²) in [6.07, 6.45) is 5.22. The lowest BCUT2D eigenvalue weighted by Gasteiger charge is -2.12. The van der Waals surface area contributed by atoms with E-state index in [9.17, 15) is 5.11 Å². The van der Waals surface area contributed by atoms with Crippen molar-refractivity contribution in [3.8, 4) is 11.3 Å². The van der Waals surface area contributed by atoms with Crippen LogP contribution in [0.15, 0.2) is 48.9 Å². The van der Waals surface area contributed by atoms with Gasteiger partial charge in [-0.25, -0.2) is 4.98 Å². The van der Waals surface area contributed by atoms with Crippen LogP contribution in [-0.4, -0.2) is 24.9 Å². The van der Waals surface area contributed by atoms with E-state index in [1.807, 2.05) is 41.1 Å². The maximum atomic E-state index is 10.5. The Labute approximate surface area is 123 Å². The molecular formula is C16H18N4O. The fourth-order valence-electron chi connectivity index (χ4n) is 2.48. The maximum Gasteiger partial charge on any atom is 0.111 e. The molecule has 0 radical (unpaired) electrons. The van der Waals surface area contributed by atoms with E-state index in [1.54, 1.807) is 12.4 Å². The number of hydrogen-bond donors (Lipinski definition) is 2. The lowest BCUT2D eigenvalue weighted by atomic mass is 10.0. The first-order chi connectivity index (χ1) is 10.3. The molecule has 0 saturated carbocycles. The molecule has 0 aliphatic carbocycles. The second-order valence-electron chi connectivity index (χ2n) is 4.92. The third kappa shape index (κ3) is 2.73. The van der Waals surface area contributed by atoms with Crippen LogP contribution < -0.4 is 0 Å².